The minimum Gasteiger partial charge on any atom is -0.280 e. The SMILES string of the molecule is c1ccc(Cn2cc(-n3cnc4ccccc43)nn2)cc1. The zero-order valence-corrected chi connectivity index (χ0v) is 11.3. The molecule has 0 aliphatic heterocycles. The van der Waals surface area contributed by atoms with Gasteiger partial charge in [0.2, 0.25) is 0 Å². The molecule has 5 nitrogen and oxygen atoms in total. The van der Waals surface area contributed by atoms with Crippen molar-refractivity contribution in [1.29, 1.82) is 0 Å². The van der Waals surface area contributed by atoms with Gasteiger partial charge < -0.3 is 0 Å². The first-order chi connectivity index (χ1) is 10.4. The van der Waals surface area contributed by atoms with Gasteiger partial charge >= 0.3 is 0 Å². The molecule has 2 aromatic carbocycles. The Labute approximate surface area is 121 Å². The fourth-order valence-electron chi connectivity index (χ4n) is 2.39. The van der Waals surface area contributed by atoms with Crippen LogP contribution < -0.4 is 0 Å². The fourth-order valence-corrected chi connectivity index (χ4v) is 2.39. The smallest absolute Gasteiger partial charge is 0.180 e. The van der Waals surface area contributed by atoms with Crippen LogP contribution >= 0.6 is 0 Å². The summed E-state index contributed by atoms with van der Waals surface area (Å²) in [6.07, 6.45) is 3.71. The maximum Gasteiger partial charge on any atom is 0.180 e. The average molecular weight is 275 g/mol. The van der Waals surface area contributed by atoms with Crippen molar-refractivity contribution < 1.29 is 0 Å². The van der Waals surface area contributed by atoms with E-state index in [0.717, 1.165) is 16.9 Å². The Kier molecular flexibility index (Phi) is 2.74. The summed E-state index contributed by atoms with van der Waals surface area (Å²) < 4.78 is 3.78. The van der Waals surface area contributed by atoms with Crippen molar-refractivity contribution in [2.45, 2.75) is 6.54 Å². The van der Waals surface area contributed by atoms with E-state index in [1.54, 1.807) is 6.33 Å². The predicted octanol–water partition coefficient (Wildman–Crippen LogP) is 2.67. The lowest BCUT2D eigenvalue weighted by Crippen LogP contribution is -1.99. The van der Waals surface area contributed by atoms with Crippen molar-refractivity contribution in [3.05, 3.63) is 72.7 Å². The molecule has 0 unspecified atom stereocenters. The molecular weight excluding hydrogens is 262 g/mol. The van der Waals surface area contributed by atoms with E-state index in [1.807, 2.05) is 57.9 Å². The van der Waals surface area contributed by atoms with Crippen LogP contribution in [0.15, 0.2) is 67.1 Å². The van der Waals surface area contributed by atoms with E-state index in [9.17, 15) is 0 Å². The molecule has 0 N–H and O–H groups in total. The summed E-state index contributed by atoms with van der Waals surface area (Å²) in [5.74, 6) is 0.777. The number of hydrogen-bond acceptors (Lipinski definition) is 3. The van der Waals surface area contributed by atoms with E-state index < -0.39 is 0 Å². The van der Waals surface area contributed by atoms with Crippen LogP contribution in [0.3, 0.4) is 0 Å². The normalized spacial score (nSPS) is 11.0. The number of fused-ring (bicyclic) bond motifs is 1. The summed E-state index contributed by atoms with van der Waals surface area (Å²) in [7, 11) is 0. The van der Waals surface area contributed by atoms with Crippen molar-refractivity contribution >= 4 is 11.0 Å². The highest BCUT2D eigenvalue weighted by molar-refractivity contribution is 5.76. The Hall–Kier alpha value is -2.95. The van der Waals surface area contributed by atoms with E-state index in [1.165, 1.54) is 5.56 Å². The van der Waals surface area contributed by atoms with Crippen molar-refractivity contribution in [2.24, 2.45) is 0 Å². The number of nitrogens with zero attached hydrogens (tertiary/aromatic N) is 5. The summed E-state index contributed by atoms with van der Waals surface area (Å²) in [4.78, 5) is 4.37. The highest BCUT2D eigenvalue weighted by Crippen LogP contribution is 2.16. The molecule has 0 bridgehead atoms. The van der Waals surface area contributed by atoms with Gasteiger partial charge in [0, 0.05) is 0 Å². The molecule has 5 heteroatoms. The summed E-state index contributed by atoms with van der Waals surface area (Å²) in [6.45, 7) is 0.709. The summed E-state index contributed by atoms with van der Waals surface area (Å²) in [5, 5.41) is 8.43. The lowest BCUT2D eigenvalue weighted by molar-refractivity contribution is 0.649. The van der Waals surface area contributed by atoms with Crippen LogP contribution in [0.5, 0.6) is 0 Å². The maximum atomic E-state index is 4.37. The Bertz CT molecular complexity index is 876. The lowest BCUT2D eigenvalue weighted by Gasteiger charge is -2.00. The van der Waals surface area contributed by atoms with Crippen LogP contribution in [0.1, 0.15) is 5.56 Å². The standard InChI is InChI=1S/C16H13N5/c1-2-6-13(7-3-1)10-20-11-16(18-19-20)21-12-17-14-8-4-5-9-15(14)21/h1-9,11-12H,10H2. The van der Waals surface area contributed by atoms with Crippen molar-refractivity contribution in [2.75, 3.05) is 0 Å². The molecule has 0 aliphatic rings. The summed E-state index contributed by atoms with van der Waals surface area (Å²) >= 11 is 0. The molecule has 0 amide bonds. The van der Waals surface area contributed by atoms with E-state index in [-0.39, 0.29) is 0 Å². The molecule has 0 saturated carbocycles. The molecule has 4 aromatic rings. The van der Waals surface area contributed by atoms with Crippen LogP contribution in [-0.4, -0.2) is 24.5 Å². The molecule has 21 heavy (non-hydrogen) atoms. The van der Waals surface area contributed by atoms with Gasteiger partial charge in [-0.15, -0.1) is 5.10 Å². The molecule has 0 radical (unpaired) electrons. The molecule has 0 spiro atoms. The van der Waals surface area contributed by atoms with Gasteiger partial charge in [-0.1, -0.05) is 47.7 Å². The predicted molar refractivity (Wildman–Crippen MR) is 80.2 cm³/mol. The molecule has 102 valence electrons. The third-order valence-electron chi connectivity index (χ3n) is 3.41. The fraction of sp³-hybridized carbons (Fsp3) is 0.0625. The Morgan fingerprint density at radius 3 is 2.62 bits per heavy atom. The summed E-state index contributed by atoms with van der Waals surface area (Å²) in [5.41, 5.74) is 3.18. The highest BCUT2D eigenvalue weighted by Gasteiger charge is 2.07. The average Bonchev–Trinajstić information content (AvgIpc) is 3.14. The van der Waals surface area contributed by atoms with Crippen molar-refractivity contribution in [3.63, 3.8) is 0 Å². The molecular formula is C16H13N5. The van der Waals surface area contributed by atoms with Gasteiger partial charge in [0.1, 0.15) is 6.33 Å². The zero-order chi connectivity index (χ0) is 14.1. The minimum absolute atomic E-state index is 0.709. The van der Waals surface area contributed by atoms with Crippen LogP contribution in [-0.2, 0) is 6.54 Å². The first-order valence-electron chi connectivity index (χ1n) is 6.77. The van der Waals surface area contributed by atoms with Gasteiger partial charge in [-0.25, -0.2) is 9.67 Å². The number of hydrogen-bond donors (Lipinski definition) is 0. The number of rotatable bonds is 3. The number of para-hydroxylation sites is 2. The summed E-state index contributed by atoms with van der Waals surface area (Å²) in [6, 6.07) is 18.2. The van der Waals surface area contributed by atoms with Crippen LogP contribution in [0.25, 0.3) is 16.9 Å². The topological polar surface area (TPSA) is 48.5 Å². The van der Waals surface area contributed by atoms with Gasteiger partial charge in [0.05, 0.1) is 23.8 Å². The first-order valence-corrected chi connectivity index (χ1v) is 6.77. The van der Waals surface area contributed by atoms with Gasteiger partial charge in [0.15, 0.2) is 5.82 Å². The molecule has 0 aliphatic carbocycles. The van der Waals surface area contributed by atoms with E-state index in [0.29, 0.717) is 6.54 Å². The van der Waals surface area contributed by atoms with Crippen LogP contribution in [0.2, 0.25) is 0 Å². The minimum atomic E-state index is 0.709. The third-order valence-corrected chi connectivity index (χ3v) is 3.41. The van der Waals surface area contributed by atoms with Gasteiger partial charge in [-0.3, -0.25) is 4.57 Å². The van der Waals surface area contributed by atoms with E-state index in [4.69, 9.17) is 0 Å². The number of benzene rings is 2. The van der Waals surface area contributed by atoms with Gasteiger partial charge in [0.25, 0.3) is 0 Å². The Morgan fingerprint density at radius 1 is 0.905 bits per heavy atom. The molecule has 4 rings (SSSR count). The second-order valence-corrected chi connectivity index (χ2v) is 4.86. The highest BCUT2D eigenvalue weighted by atomic mass is 15.4. The second-order valence-electron chi connectivity index (χ2n) is 4.86. The molecule has 2 heterocycles. The molecule has 0 atom stereocenters. The molecule has 2 aromatic heterocycles. The third kappa shape index (κ3) is 2.18. The lowest BCUT2D eigenvalue weighted by atomic mass is 10.2. The molecule has 0 saturated heterocycles. The first kappa shape index (κ1) is 11.8. The van der Waals surface area contributed by atoms with Crippen LogP contribution in [0.4, 0.5) is 0 Å². The van der Waals surface area contributed by atoms with Crippen molar-refractivity contribution in [1.82, 2.24) is 24.5 Å². The monoisotopic (exact) mass is 275 g/mol. The van der Waals surface area contributed by atoms with E-state index >= 15 is 0 Å². The number of imidazole rings is 1. The maximum absolute atomic E-state index is 4.37. The largest absolute Gasteiger partial charge is 0.280 e. The second kappa shape index (κ2) is 4.86. The quantitative estimate of drug-likeness (QED) is 0.577. The van der Waals surface area contributed by atoms with Gasteiger partial charge in [-0.05, 0) is 17.7 Å². The Morgan fingerprint density at radius 2 is 1.71 bits per heavy atom. The Balaban J connectivity index is 1.68. The van der Waals surface area contributed by atoms with Crippen molar-refractivity contribution in [3.8, 4) is 5.82 Å². The zero-order valence-electron chi connectivity index (χ0n) is 11.3. The van der Waals surface area contributed by atoms with Gasteiger partial charge in [-0.2, -0.15) is 0 Å². The molecule has 0 fully saturated rings. The van der Waals surface area contributed by atoms with E-state index in [2.05, 4.69) is 27.4 Å². The van der Waals surface area contributed by atoms with Crippen LogP contribution in [0, 0.1) is 0 Å². The number of aromatic nitrogens is 5.